The Hall–Kier alpha value is -3.38. The second-order valence-corrected chi connectivity index (χ2v) is 9.22. The van der Waals surface area contributed by atoms with E-state index in [1.54, 1.807) is 0 Å². The third-order valence-corrected chi connectivity index (χ3v) is 4.56. The molecule has 0 bridgehead atoms. The quantitative estimate of drug-likeness (QED) is 0.251. The molecule has 0 atom stereocenters. The van der Waals surface area contributed by atoms with Crippen molar-refractivity contribution in [1.29, 1.82) is 0 Å². The van der Waals surface area contributed by atoms with Gasteiger partial charge in [-0.1, -0.05) is 154 Å². The van der Waals surface area contributed by atoms with E-state index in [4.69, 9.17) is 0 Å². The average Bonchev–Trinajstić information content (AvgIpc) is 2.76. The van der Waals surface area contributed by atoms with Gasteiger partial charge in [0, 0.05) is 0 Å². The molecule has 0 aliphatic heterocycles. The summed E-state index contributed by atoms with van der Waals surface area (Å²) in [7, 11) is 0. The Bertz CT molecular complexity index is 1030. The van der Waals surface area contributed by atoms with Gasteiger partial charge in [0.1, 0.15) is 0 Å². The van der Waals surface area contributed by atoms with Crippen LogP contribution in [0.5, 0.6) is 0 Å². The number of hydrogen-bond acceptors (Lipinski definition) is 0. The molecule has 0 N–H and O–H groups in total. The van der Waals surface area contributed by atoms with Gasteiger partial charge in [0.05, 0.1) is 0 Å². The minimum atomic E-state index is 1.21. The van der Waals surface area contributed by atoms with Gasteiger partial charge in [-0.2, -0.15) is 0 Å². The molecule has 0 heteroatoms. The van der Waals surface area contributed by atoms with E-state index in [0.29, 0.717) is 0 Å². The summed E-state index contributed by atoms with van der Waals surface area (Å²) < 4.78 is 0. The van der Waals surface area contributed by atoms with E-state index < -0.39 is 0 Å². The number of rotatable bonds is 12. The Kier molecular flexibility index (Phi) is 18.1. The van der Waals surface area contributed by atoms with Crippen molar-refractivity contribution in [2.75, 3.05) is 0 Å². The van der Waals surface area contributed by atoms with Crippen molar-refractivity contribution in [2.24, 2.45) is 0 Å². The third-order valence-electron chi connectivity index (χ3n) is 4.56. The predicted octanol–water partition coefficient (Wildman–Crippen LogP) is 11.0. The zero-order chi connectivity index (χ0) is 26.5. The van der Waals surface area contributed by atoms with Crippen LogP contribution in [0.1, 0.15) is 62.3 Å². The van der Waals surface area contributed by atoms with E-state index in [1.165, 1.54) is 39.0 Å². The number of hydrogen-bond donors (Lipinski definition) is 0. The lowest BCUT2D eigenvalue weighted by Gasteiger charge is -1.91. The first-order valence-corrected chi connectivity index (χ1v) is 12.3. The molecule has 0 aromatic heterocycles. The molecule has 0 saturated heterocycles. The van der Waals surface area contributed by atoms with E-state index >= 15 is 0 Å². The molecule has 0 aliphatic carbocycles. The van der Waals surface area contributed by atoms with Crippen LogP contribution in [0.25, 0.3) is 0 Å². The second kappa shape index (κ2) is 20.0. The fourth-order valence-electron chi connectivity index (χ4n) is 2.53. The zero-order valence-corrected chi connectivity index (χ0v) is 23.5. The van der Waals surface area contributed by atoms with Crippen molar-refractivity contribution >= 4 is 0 Å². The highest BCUT2D eigenvalue weighted by Gasteiger charge is 1.83. The summed E-state index contributed by atoms with van der Waals surface area (Å²) in [5.74, 6) is 0. The fraction of sp³-hybridized carbons (Fsp3) is 0.257. The van der Waals surface area contributed by atoms with E-state index in [2.05, 4.69) is 178 Å². The van der Waals surface area contributed by atoms with Crippen LogP contribution < -0.4 is 0 Å². The van der Waals surface area contributed by atoms with Gasteiger partial charge in [-0.25, -0.2) is 0 Å². The van der Waals surface area contributed by atoms with E-state index in [1.807, 2.05) is 0 Å². The summed E-state index contributed by atoms with van der Waals surface area (Å²) in [4.78, 5) is 0. The van der Waals surface area contributed by atoms with Gasteiger partial charge in [0.2, 0.25) is 0 Å². The molecule has 0 saturated carbocycles. The monoisotopic (exact) mass is 466 g/mol. The van der Waals surface area contributed by atoms with Gasteiger partial charge in [-0.05, 0) is 62.3 Å². The van der Waals surface area contributed by atoms with Crippen molar-refractivity contribution in [3.05, 3.63) is 154 Å². The maximum absolute atomic E-state index is 2.12. The third kappa shape index (κ3) is 22.2. The fourth-order valence-corrected chi connectivity index (χ4v) is 2.53. The first-order valence-electron chi connectivity index (χ1n) is 12.3. The Morgan fingerprint density at radius 1 is 0.257 bits per heavy atom. The van der Waals surface area contributed by atoms with Crippen LogP contribution in [0.3, 0.4) is 0 Å². The van der Waals surface area contributed by atoms with Gasteiger partial charge in [0.25, 0.3) is 0 Å². The molecule has 0 aromatic rings. The lowest BCUT2D eigenvalue weighted by Crippen LogP contribution is -1.70. The van der Waals surface area contributed by atoms with Crippen molar-refractivity contribution in [2.45, 2.75) is 62.3 Å². The van der Waals surface area contributed by atoms with Crippen LogP contribution in [-0.4, -0.2) is 0 Å². The lowest BCUT2D eigenvalue weighted by molar-refractivity contribution is 1.39. The maximum atomic E-state index is 2.12. The molecule has 0 amide bonds. The number of allylic oxidation sites excluding steroid dienone is 26. The standard InChI is InChI=1S/C35H46/c1-29(2)17-12-21-33(7)25-14-23-31(5)19-10-11-20-32(6)24-15-27-35(9)28-16-26-34(8)22-13-18-30(3)4/h10-28H,1-9H3/b11-10+,21-12+,22-13+,23-14+,24-15+,28-16+,31-19+,32-20+,33-25+,34-26+,35-27+. The minimum absolute atomic E-state index is 1.21. The highest BCUT2D eigenvalue weighted by Crippen LogP contribution is 2.04. The molecular formula is C35H46. The molecule has 0 aliphatic rings. The van der Waals surface area contributed by atoms with Gasteiger partial charge < -0.3 is 0 Å². The largest absolute Gasteiger partial charge is 0.0764 e. The van der Waals surface area contributed by atoms with E-state index in [9.17, 15) is 0 Å². The molecule has 0 fully saturated rings. The maximum Gasteiger partial charge on any atom is -0.0398 e. The van der Waals surface area contributed by atoms with Crippen molar-refractivity contribution in [3.63, 3.8) is 0 Å². The van der Waals surface area contributed by atoms with E-state index in [-0.39, 0.29) is 0 Å². The Morgan fingerprint density at radius 2 is 0.457 bits per heavy atom. The molecule has 0 spiro atoms. The molecular weight excluding hydrogens is 420 g/mol. The Morgan fingerprint density at radius 3 is 0.686 bits per heavy atom. The first kappa shape index (κ1) is 31.6. The molecule has 0 heterocycles. The summed E-state index contributed by atoms with van der Waals surface area (Å²) in [5.41, 5.74) is 8.69. The minimum Gasteiger partial charge on any atom is -0.0764 e. The molecule has 0 aromatic carbocycles. The molecule has 0 nitrogen and oxygen atoms in total. The van der Waals surface area contributed by atoms with Crippen molar-refractivity contribution < 1.29 is 0 Å². The van der Waals surface area contributed by atoms with Crippen LogP contribution >= 0.6 is 0 Å². The molecule has 0 rings (SSSR count). The summed E-state index contributed by atoms with van der Waals surface area (Å²) in [5, 5.41) is 0. The summed E-state index contributed by atoms with van der Waals surface area (Å²) in [6.45, 7) is 18.9. The molecule has 35 heavy (non-hydrogen) atoms. The summed E-state index contributed by atoms with van der Waals surface area (Å²) >= 11 is 0. The molecule has 186 valence electrons. The van der Waals surface area contributed by atoms with Gasteiger partial charge in [-0.15, -0.1) is 0 Å². The van der Waals surface area contributed by atoms with Crippen LogP contribution in [0, 0.1) is 0 Å². The normalized spacial score (nSPS) is 15.2. The van der Waals surface area contributed by atoms with Gasteiger partial charge >= 0.3 is 0 Å². The highest BCUT2D eigenvalue weighted by atomic mass is 13.9. The van der Waals surface area contributed by atoms with Gasteiger partial charge in [-0.3, -0.25) is 0 Å². The highest BCUT2D eigenvalue weighted by molar-refractivity contribution is 5.33. The summed E-state index contributed by atoms with van der Waals surface area (Å²) in [6.07, 6.45) is 40.0. The Balaban J connectivity index is 4.75. The Labute approximate surface area is 216 Å². The SMILES string of the molecule is CC(C)=C/C=C/C(C)=C/C=C/C(C)=C/C=C/C=C(C)/C=C/C=C(C)/C=C/C=C(C)/C=C/C=C(C)C. The van der Waals surface area contributed by atoms with Gasteiger partial charge in [0.15, 0.2) is 0 Å². The first-order chi connectivity index (χ1) is 16.6. The summed E-state index contributed by atoms with van der Waals surface area (Å²) in [6, 6.07) is 0. The molecule has 0 radical (unpaired) electrons. The van der Waals surface area contributed by atoms with Crippen molar-refractivity contribution in [3.8, 4) is 0 Å². The second-order valence-electron chi connectivity index (χ2n) is 9.22. The smallest absolute Gasteiger partial charge is 0.0398 e. The predicted molar refractivity (Wildman–Crippen MR) is 162 cm³/mol. The molecule has 0 unspecified atom stereocenters. The van der Waals surface area contributed by atoms with Crippen LogP contribution in [-0.2, 0) is 0 Å². The van der Waals surface area contributed by atoms with Crippen LogP contribution in [0.15, 0.2) is 154 Å². The topological polar surface area (TPSA) is 0 Å². The van der Waals surface area contributed by atoms with E-state index in [0.717, 1.165) is 0 Å². The van der Waals surface area contributed by atoms with Crippen LogP contribution in [0.4, 0.5) is 0 Å². The zero-order valence-electron chi connectivity index (χ0n) is 23.5. The lowest BCUT2D eigenvalue weighted by atomic mass is 10.2. The average molecular weight is 467 g/mol. The van der Waals surface area contributed by atoms with Crippen LogP contribution in [0.2, 0.25) is 0 Å². The van der Waals surface area contributed by atoms with Crippen molar-refractivity contribution in [1.82, 2.24) is 0 Å².